The predicted molar refractivity (Wildman–Crippen MR) is 123 cm³/mol. The highest BCUT2D eigenvalue weighted by Crippen LogP contribution is 2.33. The van der Waals surface area contributed by atoms with E-state index < -0.39 is 16.1 Å². The molecule has 1 atom stereocenters. The van der Waals surface area contributed by atoms with Crippen LogP contribution in [0.3, 0.4) is 0 Å². The second-order valence-corrected chi connectivity index (χ2v) is 9.41. The Balaban J connectivity index is 1.67. The van der Waals surface area contributed by atoms with E-state index in [1.165, 1.54) is 30.7 Å². The number of methoxy groups -OCH3 is 4. The van der Waals surface area contributed by atoms with Gasteiger partial charge in [-0.05, 0) is 49.1 Å². The lowest BCUT2D eigenvalue weighted by molar-refractivity contribution is -0.124. The van der Waals surface area contributed by atoms with Crippen molar-refractivity contribution in [3.05, 3.63) is 42.0 Å². The number of amides is 1. The molecule has 1 aliphatic heterocycles. The highest BCUT2D eigenvalue weighted by Gasteiger charge is 2.39. The van der Waals surface area contributed by atoms with Crippen molar-refractivity contribution in [2.75, 3.05) is 41.5 Å². The molecule has 0 saturated carbocycles. The highest BCUT2D eigenvalue weighted by atomic mass is 32.2. The van der Waals surface area contributed by atoms with Crippen molar-refractivity contribution in [3.63, 3.8) is 0 Å². The number of carbonyl (C=O) groups is 1. The van der Waals surface area contributed by atoms with E-state index in [-0.39, 0.29) is 17.3 Å². The third-order valence-electron chi connectivity index (χ3n) is 5.63. The van der Waals surface area contributed by atoms with Crippen LogP contribution in [-0.4, -0.2) is 66.2 Å². The normalized spacial score (nSPS) is 16.3. The van der Waals surface area contributed by atoms with Gasteiger partial charge >= 0.3 is 0 Å². The molecule has 0 aliphatic carbocycles. The first-order chi connectivity index (χ1) is 15.8. The van der Waals surface area contributed by atoms with Gasteiger partial charge in [-0.25, -0.2) is 8.42 Å². The molecule has 0 spiro atoms. The topological polar surface area (TPSA) is 103 Å². The summed E-state index contributed by atoms with van der Waals surface area (Å²) >= 11 is 0. The van der Waals surface area contributed by atoms with Crippen molar-refractivity contribution in [3.8, 4) is 23.0 Å². The SMILES string of the molecule is COc1ccc(CCNC(=O)C2CCCN2S(=O)(=O)c2ccc(OC)c(OC)c2)cc1OC. The minimum Gasteiger partial charge on any atom is -0.493 e. The molecular formula is C23H30N2O7S. The number of nitrogens with one attached hydrogen (secondary N) is 1. The number of hydrogen-bond acceptors (Lipinski definition) is 7. The average molecular weight is 479 g/mol. The fourth-order valence-electron chi connectivity index (χ4n) is 3.89. The van der Waals surface area contributed by atoms with Crippen LogP contribution in [0.1, 0.15) is 18.4 Å². The summed E-state index contributed by atoms with van der Waals surface area (Å²) in [4.78, 5) is 12.9. The molecule has 1 heterocycles. The fraction of sp³-hybridized carbons (Fsp3) is 0.435. The highest BCUT2D eigenvalue weighted by molar-refractivity contribution is 7.89. The maximum atomic E-state index is 13.3. The van der Waals surface area contributed by atoms with Crippen molar-refractivity contribution in [1.29, 1.82) is 0 Å². The lowest BCUT2D eigenvalue weighted by Gasteiger charge is -2.24. The van der Waals surface area contributed by atoms with Gasteiger partial charge in [-0.1, -0.05) is 6.07 Å². The third kappa shape index (κ3) is 5.33. The molecular weight excluding hydrogens is 448 g/mol. The zero-order chi connectivity index (χ0) is 24.0. The second kappa shape index (κ2) is 10.8. The van der Waals surface area contributed by atoms with Crippen molar-refractivity contribution >= 4 is 15.9 Å². The van der Waals surface area contributed by atoms with Crippen LogP contribution in [0, 0.1) is 0 Å². The molecule has 9 nitrogen and oxygen atoms in total. The molecule has 1 amide bonds. The number of carbonyl (C=O) groups excluding carboxylic acids is 1. The Morgan fingerprint density at radius 1 is 0.939 bits per heavy atom. The summed E-state index contributed by atoms with van der Waals surface area (Å²) in [7, 11) is 2.18. The van der Waals surface area contributed by atoms with E-state index >= 15 is 0 Å². The molecule has 0 radical (unpaired) electrons. The predicted octanol–water partition coefficient (Wildman–Crippen LogP) is 2.23. The van der Waals surface area contributed by atoms with Crippen LogP contribution in [0.5, 0.6) is 23.0 Å². The molecule has 1 saturated heterocycles. The molecule has 3 rings (SSSR count). The molecule has 33 heavy (non-hydrogen) atoms. The number of ether oxygens (including phenoxy) is 4. The van der Waals surface area contributed by atoms with Crippen LogP contribution in [0.2, 0.25) is 0 Å². The third-order valence-corrected chi connectivity index (χ3v) is 7.53. The molecule has 1 N–H and O–H groups in total. The molecule has 180 valence electrons. The van der Waals surface area contributed by atoms with Crippen molar-refractivity contribution in [2.24, 2.45) is 0 Å². The molecule has 10 heteroatoms. The Morgan fingerprint density at radius 2 is 1.55 bits per heavy atom. The van der Waals surface area contributed by atoms with Crippen molar-refractivity contribution in [1.82, 2.24) is 9.62 Å². The van der Waals surface area contributed by atoms with Crippen LogP contribution in [-0.2, 0) is 21.2 Å². The smallest absolute Gasteiger partial charge is 0.243 e. The van der Waals surface area contributed by atoms with Gasteiger partial charge in [-0.3, -0.25) is 4.79 Å². The first-order valence-corrected chi connectivity index (χ1v) is 12.0. The molecule has 1 unspecified atom stereocenters. The molecule has 2 aromatic carbocycles. The molecule has 0 bridgehead atoms. The quantitative estimate of drug-likeness (QED) is 0.559. The van der Waals surface area contributed by atoms with Gasteiger partial charge in [0.1, 0.15) is 6.04 Å². The van der Waals surface area contributed by atoms with E-state index in [9.17, 15) is 13.2 Å². The second-order valence-electron chi connectivity index (χ2n) is 7.52. The molecule has 1 aliphatic rings. The standard InChI is InChI=1S/C23H30N2O7S/c1-29-19-9-7-16(14-21(19)31-3)11-12-24-23(26)18-6-5-13-25(18)33(27,28)17-8-10-20(30-2)22(15-17)32-4/h7-10,14-15,18H,5-6,11-13H2,1-4H3,(H,24,26). The Labute approximate surface area is 194 Å². The summed E-state index contributed by atoms with van der Waals surface area (Å²) < 4.78 is 48.8. The van der Waals surface area contributed by atoms with Crippen LogP contribution >= 0.6 is 0 Å². The van der Waals surface area contributed by atoms with Gasteiger partial charge in [-0.2, -0.15) is 4.31 Å². The van der Waals surface area contributed by atoms with E-state index in [1.807, 2.05) is 18.2 Å². The van der Waals surface area contributed by atoms with E-state index in [0.717, 1.165) is 5.56 Å². The average Bonchev–Trinajstić information content (AvgIpc) is 3.34. The summed E-state index contributed by atoms with van der Waals surface area (Å²) in [6.07, 6.45) is 1.65. The Morgan fingerprint density at radius 3 is 2.18 bits per heavy atom. The van der Waals surface area contributed by atoms with Gasteiger partial charge in [0.05, 0.1) is 33.3 Å². The van der Waals surface area contributed by atoms with Crippen LogP contribution < -0.4 is 24.3 Å². The zero-order valence-corrected chi connectivity index (χ0v) is 20.1. The number of nitrogens with zero attached hydrogens (tertiary/aromatic N) is 1. The number of rotatable bonds is 10. The van der Waals surface area contributed by atoms with Crippen LogP contribution in [0.25, 0.3) is 0 Å². The maximum Gasteiger partial charge on any atom is 0.243 e. The number of benzene rings is 2. The summed E-state index contributed by atoms with van der Waals surface area (Å²) in [6.45, 7) is 0.652. The van der Waals surface area contributed by atoms with Crippen LogP contribution in [0.15, 0.2) is 41.3 Å². The lowest BCUT2D eigenvalue weighted by Crippen LogP contribution is -2.46. The first kappa shape index (κ1) is 24.7. The minimum atomic E-state index is -3.88. The summed E-state index contributed by atoms with van der Waals surface area (Å²) in [5.74, 6) is 1.68. The lowest BCUT2D eigenvalue weighted by atomic mass is 10.1. The van der Waals surface area contributed by atoms with Gasteiger partial charge < -0.3 is 24.3 Å². The summed E-state index contributed by atoms with van der Waals surface area (Å²) in [5, 5.41) is 2.87. The van der Waals surface area contributed by atoms with Crippen molar-refractivity contribution in [2.45, 2.75) is 30.2 Å². The molecule has 2 aromatic rings. The van der Waals surface area contributed by atoms with Gasteiger partial charge in [0.25, 0.3) is 0 Å². The van der Waals surface area contributed by atoms with Gasteiger partial charge in [0.2, 0.25) is 15.9 Å². The monoisotopic (exact) mass is 478 g/mol. The minimum absolute atomic E-state index is 0.0603. The van der Waals surface area contributed by atoms with E-state index in [1.54, 1.807) is 20.3 Å². The van der Waals surface area contributed by atoms with Gasteiger partial charge in [-0.15, -0.1) is 0 Å². The summed E-state index contributed by atoms with van der Waals surface area (Å²) in [6, 6.07) is 9.23. The van der Waals surface area contributed by atoms with E-state index in [4.69, 9.17) is 18.9 Å². The van der Waals surface area contributed by atoms with Gasteiger partial charge in [0, 0.05) is 19.2 Å². The Hall–Kier alpha value is -2.98. The molecule has 0 aromatic heterocycles. The largest absolute Gasteiger partial charge is 0.493 e. The van der Waals surface area contributed by atoms with E-state index in [2.05, 4.69) is 5.32 Å². The first-order valence-electron chi connectivity index (χ1n) is 10.6. The number of sulfonamides is 1. The zero-order valence-electron chi connectivity index (χ0n) is 19.3. The Bertz CT molecular complexity index is 1090. The molecule has 1 fully saturated rings. The van der Waals surface area contributed by atoms with Crippen molar-refractivity contribution < 1.29 is 32.2 Å². The number of hydrogen-bond donors (Lipinski definition) is 1. The fourth-order valence-corrected chi connectivity index (χ4v) is 5.56. The van der Waals surface area contributed by atoms with Gasteiger partial charge in [0.15, 0.2) is 23.0 Å². The maximum absolute atomic E-state index is 13.3. The van der Waals surface area contributed by atoms with Crippen LogP contribution in [0.4, 0.5) is 0 Å². The Kier molecular flexibility index (Phi) is 8.04. The van der Waals surface area contributed by atoms with E-state index in [0.29, 0.717) is 48.8 Å². The summed E-state index contributed by atoms with van der Waals surface area (Å²) in [5.41, 5.74) is 0.967.